The van der Waals surface area contributed by atoms with Gasteiger partial charge in [0.05, 0.1) is 6.85 Å². The van der Waals surface area contributed by atoms with Crippen LogP contribution in [-0.2, 0) is 20.8 Å². The summed E-state index contributed by atoms with van der Waals surface area (Å²) in [5, 5.41) is 12.3. The van der Waals surface area contributed by atoms with Gasteiger partial charge >= 0.3 is 0 Å². The minimum absolute atomic E-state index is 0.251. The van der Waals surface area contributed by atoms with Crippen LogP contribution in [-0.4, -0.2) is 47.2 Å². The van der Waals surface area contributed by atoms with Crippen LogP contribution in [0.25, 0.3) is 0 Å². The molecule has 0 saturated carbocycles. The lowest BCUT2D eigenvalue weighted by Gasteiger charge is -2.24. The highest BCUT2D eigenvalue weighted by Gasteiger charge is 2.32. The number of carbonyl (C=O) groups is 3. The summed E-state index contributed by atoms with van der Waals surface area (Å²) in [6.45, 7) is -5.15. The summed E-state index contributed by atoms with van der Waals surface area (Å²) in [5.74, 6) is -10.3. The molecule has 0 spiro atoms. The van der Waals surface area contributed by atoms with Crippen LogP contribution in [0, 0.1) is 11.8 Å². The van der Waals surface area contributed by atoms with Crippen molar-refractivity contribution in [2.24, 2.45) is 11.8 Å². The molecular weight excluding hydrogens is 332 g/mol. The number of hydrogen-bond donors (Lipinski definition) is 2. The van der Waals surface area contributed by atoms with Crippen LogP contribution in [0.2, 0.25) is 0 Å². The number of fused-ring (bicyclic) bond motifs is 1. The number of carbonyl (C=O) groups excluding carboxylic acids is 3. The number of Topliss-reactive ketones (excluding diaryl/α,β-unsaturated/α-hetero) is 1. The number of likely N-dealkylation sites (N-methyl/N-ethyl adjacent to an activating group) is 1. The van der Waals surface area contributed by atoms with Crippen molar-refractivity contribution in [3.05, 3.63) is 35.3 Å². The summed E-state index contributed by atoms with van der Waals surface area (Å²) in [6, 6.07) is -6.05. The number of hydrogen-bond acceptors (Lipinski definition) is 4. The van der Waals surface area contributed by atoms with E-state index >= 15 is 0 Å². The summed E-state index contributed by atoms with van der Waals surface area (Å²) in [6.07, 6.45) is -8.20. The second-order valence-electron chi connectivity index (χ2n) is 5.68. The molecule has 1 aliphatic heterocycles. The number of ketones is 1. The van der Waals surface area contributed by atoms with Gasteiger partial charge in [-0.05, 0) is 23.4 Å². The smallest absolute Gasteiger partial charge is 0.249 e. The summed E-state index contributed by atoms with van der Waals surface area (Å²) >= 11 is 0. The molecule has 26 heavy (non-hydrogen) atoms. The third kappa shape index (κ3) is 4.49. The van der Waals surface area contributed by atoms with Crippen LogP contribution < -0.4 is 5.32 Å². The average molecular weight is 375 g/mol. The lowest BCUT2D eigenvalue weighted by molar-refractivity contribution is -0.137. The fourth-order valence-corrected chi connectivity index (χ4v) is 2.15. The van der Waals surface area contributed by atoms with Crippen LogP contribution in [0.1, 0.15) is 63.5 Å². The minimum atomic E-state index is -3.61. The Kier molecular flexibility index (Phi) is 2.67. The molecule has 1 unspecified atom stereocenters. The number of nitrogens with zero attached hydrogens (tertiary/aromatic N) is 1. The zero-order valence-electron chi connectivity index (χ0n) is 28.4. The van der Waals surface area contributed by atoms with E-state index in [0.29, 0.717) is 6.92 Å². The van der Waals surface area contributed by atoms with Gasteiger partial charge < -0.3 is 15.3 Å². The monoisotopic (exact) mass is 374 g/mol. The summed E-state index contributed by atoms with van der Waals surface area (Å²) in [5.41, 5.74) is -1.78. The number of benzene rings is 1. The third-order valence-corrected chi connectivity index (χ3v) is 3.64. The van der Waals surface area contributed by atoms with Gasteiger partial charge in [0, 0.05) is 38.2 Å². The Morgan fingerprint density at radius 3 is 2.88 bits per heavy atom. The van der Waals surface area contributed by atoms with E-state index in [4.69, 9.17) is 19.2 Å². The van der Waals surface area contributed by atoms with Gasteiger partial charge in [-0.3, -0.25) is 14.4 Å². The lowest BCUT2D eigenvalue weighted by atomic mass is 9.94. The van der Waals surface area contributed by atoms with Crippen molar-refractivity contribution in [2.45, 2.75) is 45.6 Å². The molecule has 2 rings (SSSR count). The number of nitrogens with one attached hydrogen (secondary N) is 1. The maximum Gasteiger partial charge on any atom is 0.249 e. The molecule has 0 saturated heterocycles. The number of rotatable bonds is 6. The van der Waals surface area contributed by atoms with Crippen LogP contribution >= 0.6 is 0 Å². The fourth-order valence-electron chi connectivity index (χ4n) is 2.15. The predicted octanol–water partition coefficient (Wildman–Crippen LogP) is 1.47. The van der Waals surface area contributed by atoms with E-state index in [1.807, 2.05) is 5.32 Å². The third-order valence-electron chi connectivity index (χ3n) is 3.64. The quantitative estimate of drug-likeness (QED) is 0.789. The van der Waals surface area contributed by atoms with Gasteiger partial charge in [0.1, 0.15) is 12.1 Å². The molecule has 4 atom stereocenters. The van der Waals surface area contributed by atoms with Crippen LogP contribution in [0.3, 0.4) is 0 Å². The topological polar surface area (TPSA) is 86.7 Å². The van der Waals surface area contributed by atoms with E-state index in [0.717, 1.165) is 14.0 Å². The van der Waals surface area contributed by atoms with Crippen molar-refractivity contribution in [2.75, 3.05) is 13.5 Å². The molecule has 0 bridgehead atoms. The van der Waals surface area contributed by atoms with E-state index in [1.54, 1.807) is 0 Å². The highest BCUT2D eigenvalue weighted by atomic mass is 16.3. The Labute approximate surface area is 174 Å². The van der Waals surface area contributed by atoms with Gasteiger partial charge in [-0.25, -0.2) is 0 Å². The van der Waals surface area contributed by atoms with Gasteiger partial charge in [-0.1, -0.05) is 44.9 Å². The molecule has 0 aliphatic carbocycles. The molecule has 142 valence electrons. The van der Waals surface area contributed by atoms with E-state index in [-0.39, 0.29) is 4.90 Å². The molecule has 1 heterocycles. The van der Waals surface area contributed by atoms with E-state index in [1.165, 1.54) is 0 Å². The molecule has 1 aromatic carbocycles. The SMILES string of the molecule is [2H]c1c([2H])c([2H])c2c(c1[2H])[C@H](NC(=O)[C@]([2H])(C)CC(=O)[C@@]([2H])(O)C([2H])(C)C([2H])([2H])[2H])C(=O)N(C)C([2H])([2H])C2([2H])[2H]. The zero-order valence-corrected chi connectivity index (χ0v) is 14.4. The van der Waals surface area contributed by atoms with Crippen LogP contribution in [0.15, 0.2) is 24.2 Å². The first-order valence-corrected chi connectivity index (χ1v) is 7.55. The Hall–Kier alpha value is -2.21. The maximum absolute atomic E-state index is 13.3. The number of amides is 2. The maximum atomic E-state index is 13.3. The van der Waals surface area contributed by atoms with Gasteiger partial charge in [-0.15, -0.1) is 0 Å². The largest absolute Gasteiger partial charge is 0.385 e. The second-order valence-corrected chi connectivity index (χ2v) is 5.68. The zero-order chi connectivity index (χ0) is 31.8. The predicted molar refractivity (Wildman–Crippen MR) is 98.3 cm³/mol. The summed E-state index contributed by atoms with van der Waals surface area (Å²) in [7, 11) is 0.829. The van der Waals surface area contributed by atoms with Crippen molar-refractivity contribution in [1.29, 1.82) is 0 Å². The summed E-state index contributed by atoms with van der Waals surface area (Å²) < 4.78 is 112. The molecule has 2 N–H and O–H groups in total. The van der Waals surface area contributed by atoms with Crippen molar-refractivity contribution >= 4 is 17.6 Å². The summed E-state index contributed by atoms with van der Waals surface area (Å²) in [4.78, 5) is 39.5. The Morgan fingerprint density at radius 1 is 1.50 bits per heavy atom. The van der Waals surface area contributed by atoms with Crippen LogP contribution in [0.4, 0.5) is 0 Å². The molecule has 0 aromatic heterocycles. The second kappa shape index (κ2) is 8.45. The minimum Gasteiger partial charge on any atom is -0.385 e. The van der Waals surface area contributed by atoms with Crippen molar-refractivity contribution in [1.82, 2.24) is 10.2 Å². The van der Waals surface area contributed by atoms with Gasteiger partial charge in [-0.2, -0.15) is 0 Å². The van der Waals surface area contributed by atoms with Crippen molar-refractivity contribution in [3.8, 4) is 0 Å². The first-order valence-electron chi connectivity index (χ1n) is 14.6. The molecule has 0 fully saturated rings. The Bertz CT molecular complexity index is 1260. The normalized spacial score (nSPS) is 36.4. The molecule has 1 aliphatic rings. The van der Waals surface area contributed by atoms with Crippen molar-refractivity contribution < 1.29 is 38.7 Å². The van der Waals surface area contributed by atoms with Gasteiger partial charge in [0.25, 0.3) is 0 Å². The van der Waals surface area contributed by atoms with E-state index < -0.39 is 103 Å². The fraction of sp³-hybridized carbons (Fsp3) is 0.550. The number of aliphatic hydroxyl groups is 1. The van der Waals surface area contributed by atoms with Gasteiger partial charge in [0.2, 0.25) is 11.8 Å². The molecular formula is C20H28N2O4. The molecule has 2 amide bonds. The van der Waals surface area contributed by atoms with E-state index in [9.17, 15) is 19.5 Å². The van der Waals surface area contributed by atoms with Gasteiger partial charge in [0.15, 0.2) is 5.78 Å². The van der Waals surface area contributed by atoms with E-state index in [2.05, 4.69) is 0 Å². The lowest BCUT2D eigenvalue weighted by Crippen LogP contribution is -2.43. The molecule has 6 heteroatoms. The highest BCUT2D eigenvalue weighted by molar-refractivity contribution is 5.92. The molecule has 0 radical (unpaired) electrons. The first-order chi connectivity index (χ1) is 17.6. The first kappa shape index (κ1) is 8.21. The highest BCUT2D eigenvalue weighted by Crippen LogP contribution is 2.25. The standard InChI is InChI=1S/C20H28N2O4/c1-12(2)18(24)16(23)11-13(3)19(25)21-17-15-8-6-5-7-14(15)9-10-22(4)20(17)26/h5-8,12-13,17-18,24H,9-11H2,1-4H3,(H,21,25)/t13-,17+,18+/m1/s1/i1D3,5D,6D,7D,8D,9D2,10D2,12D,13D,18D/t12?,13-,17+,18+. The Balaban J connectivity index is 2.65. The average Bonchev–Trinajstić information content (AvgIpc) is 2.83. The van der Waals surface area contributed by atoms with Crippen molar-refractivity contribution in [3.63, 3.8) is 0 Å². The van der Waals surface area contributed by atoms with Crippen LogP contribution in [0.5, 0.6) is 0 Å². The molecule has 6 nitrogen and oxygen atoms in total. The Morgan fingerprint density at radius 2 is 2.19 bits per heavy atom. The molecule has 1 aromatic rings.